The van der Waals surface area contributed by atoms with E-state index in [4.69, 9.17) is 5.11 Å². The number of amides is 2. The maximum atomic E-state index is 12.0. The van der Waals surface area contributed by atoms with Gasteiger partial charge in [-0.25, -0.2) is 9.59 Å². The van der Waals surface area contributed by atoms with Crippen LogP contribution in [0.3, 0.4) is 0 Å². The molecule has 1 heterocycles. The smallest absolute Gasteiger partial charge is 0.326 e. The lowest BCUT2D eigenvalue weighted by atomic mass is 9.94. The molecule has 1 unspecified atom stereocenters. The lowest BCUT2D eigenvalue weighted by Crippen LogP contribution is -2.52. The number of urea groups is 1. The molecule has 0 aromatic carbocycles. The SMILES string of the molecule is CC(C)CC(NC(=O)N1CCC(C)(O)CC1)C(=O)O. The highest BCUT2D eigenvalue weighted by Crippen LogP contribution is 2.21. The molecule has 0 bridgehead atoms. The Morgan fingerprint density at radius 2 is 1.84 bits per heavy atom. The van der Waals surface area contributed by atoms with Gasteiger partial charge in [0.1, 0.15) is 6.04 Å². The third-order valence-electron chi connectivity index (χ3n) is 3.43. The van der Waals surface area contributed by atoms with Crippen LogP contribution < -0.4 is 5.32 Å². The van der Waals surface area contributed by atoms with Gasteiger partial charge in [-0.1, -0.05) is 13.8 Å². The number of likely N-dealkylation sites (tertiary alicyclic amines) is 1. The van der Waals surface area contributed by atoms with Crippen LogP contribution >= 0.6 is 0 Å². The molecule has 19 heavy (non-hydrogen) atoms. The number of nitrogens with one attached hydrogen (secondary N) is 1. The van der Waals surface area contributed by atoms with Crippen LogP contribution in [0, 0.1) is 5.92 Å². The molecule has 3 N–H and O–H groups in total. The third-order valence-corrected chi connectivity index (χ3v) is 3.43. The Kier molecular flexibility index (Phi) is 5.17. The van der Waals surface area contributed by atoms with Gasteiger partial charge < -0.3 is 20.4 Å². The van der Waals surface area contributed by atoms with E-state index in [-0.39, 0.29) is 11.9 Å². The van der Waals surface area contributed by atoms with E-state index in [1.165, 1.54) is 0 Å². The molecule has 2 amide bonds. The van der Waals surface area contributed by atoms with Crippen molar-refractivity contribution in [3.63, 3.8) is 0 Å². The van der Waals surface area contributed by atoms with Crippen molar-refractivity contribution in [1.82, 2.24) is 10.2 Å². The maximum Gasteiger partial charge on any atom is 0.326 e. The zero-order valence-corrected chi connectivity index (χ0v) is 11.8. The van der Waals surface area contributed by atoms with Gasteiger partial charge in [-0.2, -0.15) is 0 Å². The maximum absolute atomic E-state index is 12.0. The molecule has 0 saturated carbocycles. The monoisotopic (exact) mass is 272 g/mol. The van der Waals surface area contributed by atoms with Crippen LogP contribution in [0.5, 0.6) is 0 Å². The number of hydrogen-bond acceptors (Lipinski definition) is 3. The molecule has 1 atom stereocenters. The minimum absolute atomic E-state index is 0.198. The molecular formula is C13H24N2O4. The molecule has 6 heteroatoms. The number of hydrogen-bond donors (Lipinski definition) is 3. The lowest BCUT2D eigenvalue weighted by Gasteiger charge is -2.36. The Bertz CT molecular complexity index is 332. The Morgan fingerprint density at radius 3 is 2.26 bits per heavy atom. The van der Waals surface area contributed by atoms with Gasteiger partial charge in [-0.3, -0.25) is 0 Å². The molecule has 0 radical (unpaired) electrons. The zero-order chi connectivity index (χ0) is 14.6. The highest BCUT2D eigenvalue weighted by molar-refractivity contribution is 5.82. The quantitative estimate of drug-likeness (QED) is 0.713. The van der Waals surface area contributed by atoms with E-state index < -0.39 is 17.6 Å². The number of piperidine rings is 1. The molecule has 0 aliphatic carbocycles. The third kappa shape index (κ3) is 5.06. The van der Waals surface area contributed by atoms with E-state index in [2.05, 4.69) is 5.32 Å². The first kappa shape index (κ1) is 15.8. The van der Waals surface area contributed by atoms with Gasteiger partial charge in [0.05, 0.1) is 5.60 Å². The normalized spacial score (nSPS) is 20.2. The fraction of sp³-hybridized carbons (Fsp3) is 0.846. The fourth-order valence-electron chi connectivity index (χ4n) is 2.12. The first-order chi connectivity index (χ1) is 8.71. The topological polar surface area (TPSA) is 89.9 Å². The summed E-state index contributed by atoms with van der Waals surface area (Å²) in [7, 11) is 0. The van der Waals surface area contributed by atoms with E-state index >= 15 is 0 Å². The number of carbonyl (C=O) groups excluding carboxylic acids is 1. The number of carboxylic acid groups (broad SMARTS) is 1. The summed E-state index contributed by atoms with van der Waals surface area (Å²) < 4.78 is 0. The van der Waals surface area contributed by atoms with Crippen molar-refractivity contribution >= 4 is 12.0 Å². The first-order valence-electron chi connectivity index (χ1n) is 6.72. The van der Waals surface area contributed by atoms with Crippen molar-refractivity contribution < 1.29 is 19.8 Å². The summed E-state index contributed by atoms with van der Waals surface area (Å²) in [4.78, 5) is 24.6. The van der Waals surface area contributed by atoms with Crippen molar-refractivity contribution in [3.8, 4) is 0 Å². The average molecular weight is 272 g/mol. The van der Waals surface area contributed by atoms with Gasteiger partial charge in [-0.05, 0) is 32.1 Å². The summed E-state index contributed by atoms with van der Waals surface area (Å²) in [6, 6.07) is -1.21. The molecule has 1 aliphatic rings. The van der Waals surface area contributed by atoms with Crippen LogP contribution in [0.25, 0.3) is 0 Å². The molecule has 0 spiro atoms. The van der Waals surface area contributed by atoms with E-state index in [1.54, 1.807) is 11.8 Å². The van der Waals surface area contributed by atoms with Gasteiger partial charge in [0, 0.05) is 13.1 Å². The number of aliphatic hydroxyl groups is 1. The number of aliphatic carboxylic acids is 1. The number of carbonyl (C=O) groups is 2. The molecular weight excluding hydrogens is 248 g/mol. The Balaban J connectivity index is 2.51. The highest BCUT2D eigenvalue weighted by atomic mass is 16.4. The standard InChI is InChI=1S/C13H24N2O4/c1-9(2)8-10(11(16)17)14-12(18)15-6-4-13(3,19)5-7-15/h9-10,19H,4-8H2,1-3H3,(H,14,18)(H,16,17). The largest absolute Gasteiger partial charge is 0.480 e. The zero-order valence-electron chi connectivity index (χ0n) is 11.8. The molecule has 1 rings (SSSR count). The summed E-state index contributed by atoms with van der Waals surface area (Å²) in [6.45, 7) is 6.49. The average Bonchev–Trinajstić information content (AvgIpc) is 2.27. The van der Waals surface area contributed by atoms with Crippen molar-refractivity contribution in [2.75, 3.05) is 13.1 Å². The van der Waals surface area contributed by atoms with E-state index in [9.17, 15) is 14.7 Å². The van der Waals surface area contributed by atoms with Crippen LogP contribution in [-0.4, -0.2) is 51.8 Å². The number of nitrogens with zero attached hydrogens (tertiary/aromatic N) is 1. The Morgan fingerprint density at radius 1 is 1.32 bits per heavy atom. The van der Waals surface area contributed by atoms with Crippen LogP contribution in [0.15, 0.2) is 0 Å². The van der Waals surface area contributed by atoms with Crippen molar-refractivity contribution in [2.24, 2.45) is 5.92 Å². The minimum Gasteiger partial charge on any atom is -0.480 e. The van der Waals surface area contributed by atoms with Gasteiger partial charge in [0.25, 0.3) is 0 Å². The number of carboxylic acids is 1. The minimum atomic E-state index is -1.01. The van der Waals surface area contributed by atoms with E-state index in [0.717, 1.165) is 0 Å². The summed E-state index contributed by atoms with van der Waals surface area (Å²) in [5.74, 6) is -0.811. The van der Waals surface area contributed by atoms with Gasteiger partial charge in [-0.15, -0.1) is 0 Å². The van der Waals surface area contributed by atoms with Gasteiger partial charge >= 0.3 is 12.0 Å². The molecule has 0 aromatic rings. The predicted molar refractivity (Wildman–Crippen MR) is 70.8 cm³/mol. The van der Waals surface area contributed by atoms with E-state index in [0.29, 0.717) is 32.4 Å². The lowest BCUT2D eigenvalue weighted by molar-refractivity contribution is -0.139. The van der Waals surface area contributed by atoms with Crippen molar-refractivity contribution in [2.45, 2.75) is 51.7 Å². The van der Waals surface area contributed by atoms with E-state index in [1.807, 2.05) is 13.8 Å². The second-order valence-electron chi connectivity index (χ2n) is 5.95. The molecule has 1 saturated heterocycles. The molecule has 0 aromatic heterocycles. The Hall–Kier alpha value is -1.30. The summed E-state index contributed by atoms with van der Waals surface area (Å²) in [5, 5.41) is 21.4. The van der Waals surface area contributed by atoms with Gasteiger partial charge in [0.2, 0.25) is 0 Å². The summed E-state index contributed by atoms with van der Waals surface area (Å²) in [5.41, 5.74) is -0.721. The van der Waals surface area contributed by atoms with Crippen LogP contribution in [-0.2, 0) is 4.79 Å². The predicted octanol–water partition coefficient (Wildman–Crippen LogP) is 1.04. The number of rotatable bonds is 4. The van der Waals surface area contributed by atoms with Crippen LogP contribution in [0.4, 0.5) is 4.79 Å². The van der Waals surface area contributed by atoms with Gasteiger partial charge in [0.15, 0.2) is 0 Å². The second kappa shape index (κ2) is 6.23. The summed E-state index contributed by atoms with van der Waals surface area (Å²) >= 11 is 0. The fourth-order valence-corrected chi connectivity index (χ4v) is 2.12. The molecule has 6 nitrogen and oxygen atoms in total. The molecule has 1 aliphatic heterocycles. The van der Waals surface area contributed by atoms with Crippen molar-refractivity contribution in [1.29, 1.82) is 0 Å². The van der Waals surface area contributed by atoms with Crippen LogP contribution in [0.2, 0.25) is 0 Å². The molecule has 1 fully saturated rings. The highest BCUT2D eigenvalue weighted by Gasteiger charge is 2.31. The molecule has 110 valence electrons. The van der Waals surface area contributed by atoms with Crippen molar-refractivity contribution in [3.05, 3.63) is 0 Å². The Labute approximate surface area is 113 Å². The summed E-state index contributed by atoms with van der Waals surface area (Å²) in [6.07, 6.45) is 1.44. The second-order valence-corrected chi connectivity index (χ2v) is 5.95. The first-order valence-corrected chi connectivity index (χ1v) is 6.72. The van der Waals surface area contributed by atoms with Crippen LogP contribution in [0.1, 0.15) is 40.0 Å².